The average Bonchev–Trinajstić information content (AvgIpc) is 3.84. The quantitative estimate of drug-likeness (QED) is 0.277. The molecule has 4 aromatic rings. The molecular formula is C33H33F5N6O4. The molecule has 2 aromatic heterocycles. The molecule has 5 fully saturated rings. The number of anilines is 1. The van der Waals surface area contributed by atoms with Crippen molar-refractivity contribution in [3.63, 3.8) is 0 Å². The minimum Gasteiger partial charge on any atom is -0.508 e. The Labute approximate surface area is 271 Å². The van der Waals surface area contributed by atoms with Crippen LogP contribution in [0.4, 0.5) is 27.8 Å². The van der Waals surface area contributed by atoms with Gasteiger partial charge in [-0.1, -0.05) is 6.07 Å². The molecule has 0 radical (unpaired) electrons. The van der Waals surface area contributed by atoms with E-state index in [1.165, 1.54) is 0 Å². The average molecular weight is 673 g/mol. The van der Waals surface area contributed by atoms with E-state index >= 15 is 4.39 Å². The zero-order valence-electron chi connectivity index (χ0n) is 25.8. The molecule has 0 amide bonds. The van der Waals surface area contributed by atoms with Gasteiger partial charge in [-0.2, -0.15) is 23.1 Å². The Balaban J connectivity index is 1.30. The number of fused-ring (bicyclic) bond motifs is 5. The van der Waals surface area contributed by atoms with Crippen molar-refractivity contribution in [3.05, 3.63) is 58.0 Å². The largest absolute Gasteiger partial charge is 0.508 e. The Bertz CT molecular complexity index is 1970. The van der Waals surface area contributed by atoms with Gasteiger partial charge >= 0.3 is 12.2 Å². The van der Waals surface area contributed by atoms with Gasteiger partial charge in [0, 0.05) is 61.7 Å². The highest BCUT2D eigenvalue weighted by Gasteiger charge is 2.45. The zero-order valence-corrected chi connectivity index (χ0v) is 25.8. The second-order valence-corrected chi connectivity index (χ2v) is 13.4. The number of piperidine rings is 2. The first-order chi connectivity index (χ1) is 23.0. The first-order valence-electron chi connectivity index (χ1n) is 16.1. The van der Waals surface area contributed by atoms with Crippen LogP contribution in [-0.4, -0.2) is 89.2 Å². The summed E-state index contributed by atoms with van der Waals surface area (Å²) >= 11 is 0. The summed E-state index contributed by atoms with van der Waals surface area (Å²) in [6, 6.07) is 4.44. The summed E-state index contributed by atoms with van der Waals surface area (Å²) < 4.78 is 86.3. The van der Waals surface area contributed by atoms with E-state index in [1.807, 2.05) is 4.90 Å². The Kier molecular flexibility index (Phi) is 7.49. The number of benzene rings is 2. The summed E-state index contributed by atoms with van der Waals surface area (Å²) in [6.07, 6.45) is -1.61. The minimum atomic E-state index is -5.12. The van der Waals surface area contributed by atoms with Crippen LogP contribution >= 0.6 is 0 Å². The van der Waals surface area contributed by atoms with Crippen LogP contribution < -0.4 is 20.5 Å². The predicted molar refractivity (Wildman–Crippen MR) is 166 cm³/mol. The molecule has 4 saturated heterocycles. The normalized spacial score (nSPS) is 22.5. The van der Waals surface area contributed by atoms with E-state index in [4.69, 9.17) is 9.47 Å². The van der Waals surface area contributed by atoms with E-state index in [0.29, 0.717) is 26.3 Å². The molecule has 1 aliphatic carbocycles. The third-order valence-electron chi connectivity index (χ3n) is 10.1. The van der Waals surface area contributed by atoms with Crippen molar-refractivity contribution in [2.45, 2.75) is 43.9 Å². The standard InChI is InChI=1S/C33H33F5N6O4/c34-23-4-1-18-11-21(45)12-24(26(18)27(23)35)44-25(33(36,37)38)13-22-28(30(44)46)40-31(41-29(22)43-15-19-2-3-20(43)14-39-19)48-17-32(5-6-32)16-42-7-9-47-10-8-42/h1,4,11-13,19-20,39,45H,2-3,5-10,14-17H2. The highest BCUT2D eigenvalue weighted by atomic mass is 19.4. The summed E-state index contributed by atoms with van der Waals surface area (Å²) in [5.74, 6) is -3.17. The third-order valence-corrected chi connectivity index (χ3v) is 10.1. The van der Waals surface area contributed by atoms with Gasteiger partial charge in [-0.15, -0.1) is 0 Å². The number of alkyl halides is 3. The van der Waals surface area contributed by atoms with Gasteiger partial charge in [0.15, 0.2) is 11.6 Å². The van der Waals surface area contributed by atoms with E-state index < -0.39 is 45.9 Å². The lowest BCUT2D eigenvalue weighted by atomic mass is 9.93. The molecule has 10 nitrogen and oxygen atoms in total. The molecule has 4 aliphatic heterocycles. The molecule has 2 unspecified atom stereocenters. The number of nitrogens with zero attached hydrogens (tertiary/aromatic N) is 5. The van der Waals surface area contributed by atoms with Crippen LogP contribution in [0.3, 0.4) is 0 Å². The van der Waals surface area contributed by atoms with Gasteiger partial charge in [0.2, 0.25) is 0 Å². The highest BCUT2D eigenvalue weighted by molar-refractivity contribution is 5.94. The number of aromatic nitrogens is 3. The Morgan fingerprint density at radius 1 is 1.08 bits per heavy atom. The van der Waals surface area contributed by atoms with Crippen molar-refractivity contribution in [1.29, 1.82) is 0 Å². The van der Waals surface area contributed by atoms with Crippen LogP contribution in [0.15, 0.2) is 35.1 Å². The number of hydrogen-bond acceptors (Lipinski definition) is 9. The van der Waals surface area contributed by atoms with E-state index in [2.05, 4.69) is 20.2 Å². The molecule has 0 spiro atoms. The SMILES string of the molecule is O=c1c2nc(OCC3(CN4CCOCC4)CC3)nc(N3CC4CCC3CN4)c2cc(C(F)(F)F)n1-c1cc(O)cc2ccc(F)c(F)c12. The summed E-state index contributed by atoms with van der Waals surface area (Å²) in [5, 5.41) is 13.0. The van der Waals surface area contributed by atoms with Crippen LogP contribution in [-0.2, 0) is 10.9 Å². The number of phenols is 1. The number of aromatic hydroxyl groups is 1. The molecular weight excluding hydrogens is 639 g/mol. The third kappa shape index (κ3) is 5.50. The summed E-state index contributed by atoms with van der Waals surface area (Å²) in [6.45, 7) is 5.00. The molecule has 15 heteroatoms. The van der Waals surface area contributed by atoms with E-state index in [1.54, 1.807) is 0 Å². The second-order valence-electron chi connectivity index (χ2n) is 13.4. The fourth-order valence-electron chi connectivity index (χ4n) is 7.36. The monoisotopic (exact) mass is 672 g/mol. The topological polar surface area (TPSA) is 105 Å². The summed E-state index contributed by atoms with van der Waals surface area (Å²) in [7, 11) is 0. The van der Waals surface area contributed by atoms with Crippen LogP contribution in [0, 0.1) is 17.0 Å². The van der Waals surface area contributed by atoms with Crippen molar-refractivity contribution < 1.29 is 36.5 Å². The number of ether oxygens (including phenoxy) is 2. The maximum Gasteiger partial charge on any atom is 0.431 e. The van der Waals surface area contributed by atoms with Gasteiger partial charge in [-0.3, -0.25) is 14.3 Å². The lowest BCUT2D eigenvalue weighted by molar-refractivity contribution is -0.142. The summed E-state index contributed by atoms with van der Waals surface area (Å²) in [5.41, 5.74) is -3.88. The molecule has 1 saturated carbocycles. The maximum absolute atomic E-state index is 15.3. The smallest absolute Gasteiger partial charge is 0.431 e. The van der Waals surface area contributed by atoms with Gasteiger partial charge in [-0.25, -0.2) is 8.78 Å². The molecule has 2 atom stereocenters. The Morgan fingerprint density at radius 2 is 1.88 bits per heavy atom. The predicted octanol–water partition coefficient (Wildman–Crippen LogP) is 4.37. The van der Waals surface area contributed by atoms with Crippen LogP contribution in [0.25, 0.3) is 27.4 Å². The van der Waals surface area contributed by atoms with Crippen LogP contribution in [0.5, 0.6) is 11.8 Å². The van der Waals surface area contributed by atoms with Gasteiger partial charge in [0.25, 0.3) is 5.56 Å². The number of halogens is 5. The zero-order chi connectivity index (χ0) is 33.4. The highest BCUT2D eigenvalue weighted by Crippen LogP contribution is 2.47. The van der Waals surface area contributed by atoms with Gasteiger partial charge < -0.3 is 24.8 Å². The first-order valence-corrected chi connectivity index (χ1v) is 16.1. The van der Waals surface area contributed by atoms with Crippen LogP contribution in [0.2, 0.25) is 0 Å². The molecule has 9 rings (SSSR count). The van der Waals surface area contributed by atoms with Crippen molar-refractivity contribution in [2.75, 3.05) is 57.4 Å². The van der Waals surface area contributed by atoms with E-state index in [9.17, 15) is 27.5 Å². The number of morpholine rings is 1. The molecule has 5 aliphatic rings. The van der Waals surface area contributed by atoms with E-state index in [-0.39, 0.29) is 56.8 Å². The second kappa shape index (κ2) is 11.5. The summed E-state index contributed by atoms with van der Waals surface area (Å²) in [4.78, 5) is 27.6. The fourth-order valence-corrected chi connectivity index (χ4v) is 7.36. The van der Waals surface area contributed by atoms with Gasteiger partial charge in [0.05, 0.1) is 30.9 Å². The van der Waals surface area contributed by atoms with Crippen molar-refractivity contribution in [3.8, 4) is 17.4 Å². The van der Waals surface area contributed by atoms with Gasteiger partial charge in [0.1, 0.15) is 22.8 Å². The number of hydrogen-bond donors (Lipinski definition) is 2. The molecule has 48 heavy (non-hydrogen) atoms. The molecule has 6 heterocycles. The molecule has 254 valence electrons. The van der Waals surface area contributed by atoms with Crippen LogP contribution in [0.1, 0.15) is 31.4 Å². The molecule has 2 N–H and O–H groups in total. The van der Waals surface area contributed by atoms with Gasteiger partial charge in [-0.05, 0) is 49.3 Å². The Hall–Kier alpha value is -4.08. The first kappa shape index (κ1) is 31.2. The molecule has 2 aromatic carbocycles. The lowest BCUT2D eigenvalue weighted by Gasteiger charge is -2.46. The number of nitrogens with one attached hydrogen (secondary N) is 1. The van der Waals surface area contributed by atoms with E-state index in [0.717, 1.165) is 75.6 Å². The number of piperazine rings is 1. The minimum absolute atomic E-state index is 0.0825. The van der Waals surface area contributed by atoms with Crippen molar-refractivity contribution >= 4 is 27.5 Å². The van der Waals surface area contributed by atoms with Crippen molar-refractivity contribution in [1.82, 2.24) is 24.8 Å². The Morgan fingerprint density at radius 3 is 2.54 bits per heavy atom. The fraction of sp³-hybridized carbons (Fsp3) is 0.485. The maximum atomic E-state index is 15.3. The van der Waals surface area contributed by atoms with Crippen molar-refractivity contribution in [2.24, 2.45) is 5.41 Å². The lowest BCUT2D eigenvalue weighted by Crippen LogP contribution is -2.61. The number of phenolic OH excluding ortho intramolecular Hbond substituents is 1. The molecule has 2 bridgehead atoms. The number of rotatable bonds is 7. The number of pyridine rings is 1.